The zero-order valence-electron chi connectivity index (χ0n) is 17.1. The van der Waals surface area contributed by atoms with E-state index in [1.165, 1.54) is 24.4 Å². The Morgan fingerprint density at radius 2 is 1.97 bits per heavy atom. The number of rotatable bonds is 9. The predicted octanol–water partition coefficient (Wildman–Crippen LogP) is 4.17. The number of carbonyl (C=O) groups is 2. The molecule has 30 heavy (non-hydrogen) atoms. The molecule has 8 heteroatoms. The highest BCUT2D eigenvalue weighted by molar-refractivity contribution is 6.30. The number of carbonyl (C=O) groups excluding carboxylic acids is 2. The number of ether oxygens (including phenoxy) is 1. The van der Waals surface area contributed by atoms with Crippen molar-refractivity contribution in [3.05, 3.63) is 64.4 Å². The van der Waals surface area contributed by atoms with Gasteiger partial charge in [0.2, 0.25) is 0 Å². The molecule has 0 saturated carbocycles. The van der Waals surface area contributed by atoms with Crippen molar-refractivity contribution in [2.75, 3.05) is 6.61 Å². The topological polar surface area (TPSA) is 79.8 Å². The van der Waals surface area contributed by atoms with Crippen molar-refractivity contribution in [2.45, 2.75) is 33.2 Å². The Balaban J connectivity index is 2.08. The second kappa shape index (κ2) is 11.3. The van der Waals surface area contributed by atoms with Crippen molar-refractivity contribution in [1.82, 2.24) is 10.7 Å². The van der Waals surface area contributed by atoms with Crippen LogP contribution in [0.3, 0.4) is 0 Å². The maximum Gasteiger partial charge on any atom is 0.262 e. The number of hydrogen-bond acceptors (Lipinski definition) is 4. The second-order valence-corrected chi connectivity index (χ2v) is 7.38. The first-order chi connectivity index (χ1) is 14.3. The van der Waals surface area contributed by atoms with E-state index in [1.54, 1.807) is 38.1 Å². The molecule has 0 fully saturated rings. The van der Waals surface area contributed by atoms with Crippen molar-refractivity contribution < 1.29 is 18.7 Å². The summed E-state index contributed by atoms with van der Waals surface area (Å²) in [7, 11) is 0. The Labute approximate surface area is 180 Å². The lowest BCUT2D eigenvalue weighted by atomic mass is 10.0. The third-order valence-electron chi connectivity index (χ3n) is 4.17. The molecule has 2 N–H and O–H groups in total. The van der Waals surface area contributed by atoms with Crippen LogP contribution >= 0.6 is 11.6 Å². The summed E-state index contributed by atoms with van der Waals surface area (Å²) in [5, 5.41) is 7.03. The van der Waals surface area contributed by atoms with Gasteiger partial charge in [-0.15, -0.1) is 0 Å². The fraction of sp³-hybridized carbons (Fsp3) is 0.318. The van der Waals surface area contributed by atoms with E-state index in [0.717, 1.165) is 6.42 Å². The molecule has 160 valence electrons. The molecule has 1 unspecified atom stereocenters. The number of hydrazone groups is 1. The summed E-state index contributed by atoms with van der Waals surface area (Å²) in [6, 6.07) is 9.79. The van der Waals surface area contributed by atoms with Crippen LogP contribution in [0.2, 0.25) is 5.02 Å². The normalized spacial score (nSPS) is 12.1. The molecular formula is C22H25ClFN3O3. The van der Waals surface area contributed by atoms with E-state index in [2.05, 4.69) is 15.8 Å². The number of hydrogen-bond donors (Lipinski definition) is 2. The van der Waals surface area contributed by atoms with Crippen molar-refractivity contribution in [2.24, 2.45) is 11.0 Å². The minimum atomic E-state index is -0.899. The van der Waals surface area contributed by atoms with Crippen molar-refractivity contribution in [3.63, 3.8) is 0 Å². The van der Waals surface area contributed by atoms with E-state index in [9.17, 15) is 14.0 Å². The third-order valence-corrected chi connectivity index (χ3v) is 4.40. The first-order valence-electron chi connectivity index (χ1n) is 9.64. The fourth-order valence-corrected chi connectivity index (χ4v) is 2.78. The molecule has 0 radical (unpaired) electrons. The van der Waals surface area contributed by atoms with Gasteiger partial charge in [-0.2, -0.15) is 5.10 Å². The molecule has 0 aliphatic heterocycles. The van der Waals surface area contributed by atoms with E-state index in [4.69, 9.17) is 16.3 Å². The minimum absolute atomic E-state index is 0.129. The Morgan fingerprint density at radius 3 is 2.63 bits per heavy atom. The Hall–Kier alpha value is -2.93. The number of amides is 2. The first kappa shape index (κ1) is 23.3. The summed E-state index contributed by atoms with van der Waals surface area (Å²) in [5.74, 6) is -1.51. The van der Waals surface area contributed by atoms with Gasteiger partial charge in [-0.1, -0.05) is 44.5 Å². The Bertz CT molecular complexity index is 918. The molecule has 1 atom stereocenters. The molecule has 0 aromatic heterocycles. The summed E-state index contributed by atoms with van der Waals surface area (Å²) >= 11 is 6.03. The van der Waals surface area contributed by atoms with Crippen molar-refractivity contribution in [1.29, 1.82) is 0 Å². The summed E-state index contributed by atoms with van der Waals surface area (Å²) < 4.78 is 19.5. The van der Waals surface area contributed by atoms with Crippen LogP contribution in [-0.4, -0.2) is 30.7 Å². The largest absolute Gasteiger partial charge is 0.493 e. The van der Waals surface area contributed by atoms with Crippen LogP contribution in [0.25, 0.3) is 0 Å². The average molecular weight is 434 g/mol. The number of halogens is 2. The smallest absolute Gasteiger partial charge is 0.262 e. The Morgan fingerprint density at radius 1 is 1.23 bits per heavy atom. The zero-order chi connectivity index (χ0) is 22.1. The van der Waals surface area contributed by atoms with Gasteiger partial charge in [-0.05, 0) is 42.7 Å². The molecular weight excluding hydrogens is 409 g/mol. The zero-order valence-corrected chi connectivity index (χ0v) is 17.9. The van der Waals surface area contributed by atoms with Crippen molar-refractivity contribution >= 4 is 29.6 Å². The highest BCUT2D eigenvalue weighted by Crippen LogP contribution is 2.21. The van der Waals surface area contributed by atoms with E-state index in [1.807, 2.05) is 6.92 Å². The number of nitrogens with one attached hydrogen (secondary N) is 2. The highest BCUT2D eigenvalue weighted by atomic mass is 35.5. The molecule has 2 aromatic carbocycles. The molecule has 6 nitrogen and oxygen atoms in total. The average Bonchev–Trinajstić information content (AvgIpc) is 2.71. The quantitative estimate of drug-likeness (QED) is 0.460. The van der Waals surface area contributed by atoms with Crippen molar-refractivity contribution in [3.8, 4) is 5.75 Å². The molecule has 0 saturated heterocycles. The standard InChI is InChI=1S/C22H25ClFN3O3/c1-4-11-30-19-10-9-16(23)12-15(19)13-25-27-22(29)20(14(2)3)26-21(28)17-7-5-6-8-18(17)24/h5-10,12-14,20H,4,11H2,1-3H3,(H,26,28)(H,27,29). The lowest BCUT2D eigenvalue weighted by Gasteiger charge is -2.20. The lowest BCUT2D eigenvalue weighted by molar-refractivity contribution is -0.123. The SMILES string of the molecule is CCCOc1ccc(Cl)cc1C=NNC(=O)C(NC(=O)c1ccccc1F)C(C)C. The number of benzene rings is 2. The van der Waals surface area contributed by atoms with Gasteiger partial charge in [-0.3, -0.25) is 9.59 Å². The van der Waals surface area contributed by atoms with Crippen LogP contribution < -0.4 is 15.5 Å². The predicted molar refractivity (Wildman–Crippen MR) is 115 cm³/mol. The molecule has 0 aliphatic carbocycles. The molecule has 2 rings (SSSR count). The third kappa shape index (κ3) is 6.56. The van der Waals surface area contributed by atoms with E-state index in [-0.39, 0.29) is 11.5 Å². The van der Waals surface area contributed by atoms with Crippen LogP contribution in [0, 0.1) is 11.7 Å². The summed E-state index contributed by atoms with van der Waals surface area (Å²) in [4.78, 5) is 24.9. The molecule has 0 heterocycles. The van der Waals surface area contributed by atoms with Gasteiger partial charge in [0.25, 0.3) is 11.8 Å². The van der Waals surface area contributed by atoms with Crippen LogP contribution in [-0.2, 0) is 4.79 Å². The molecule has 0 aliphatic rings. The molecule has 0 bridgehead atoms. The molecule has 2 amide bonds. The fourth-order valence-electron chi connectivity index (χ4n) is 2.60. The second-order valence-electron chi connectivity index (χ2n) is 6.94. The van der Waals surface area contributed by atoms with E-state index in [0.29, 0.717) is 22.9 Å². The summed E-state index contributed by atoms with van der Waals surface area (Å²) in [5.41, 5.74) is 2.89. The van der Waals surface area contributed by atoms with Gasteiger partial charge in [0, 0.05) is 10.6 Å². The van der Waals surface area contributed by atoms with Crippen LogP contribution in [0.5, 0.6) is 5.75 Å². The maximum atomic E-state index is 13.8. The van der Waals surface area contributed by atoms with Crippen LogP contribution in [0.15, 0.2) is 47.6 Å². The summed E-state index contributed by atoms with van der Waals surface area (Å²) in [6.45, 7) is 6.06. The van der Waals surface area contributed by atoms with Gasteiger partial charge in [0.05, 0.1) is 18.4 Å². The van der Waals surface area contributed by atoms with Crippen LogP contribution in [0.1, 0.15) is 43.1 Å². The Kier molecular flexibility index (Phi) is 8.80. The molecule has 0 spiro atoms. The van der Waals surface area contributed by atoms with Crippen LogP contribution in [0.4, 0.5) is 4.39 Å². The minimum Gasteiger partial charge on any atom is -0.493 e. The first-order valence-corrected chi connectivity index (χ1v) is 10.0. The van der Waals surface area contributed by atoms with Gasteiger partial charge >= 0.3 is 0 Å². The van der Waals surface area contributed by atoms with E-state index < -0.39 is 23.7 Å². The van der Waals surface area contributed by atoms with Gasteiger partial charge < -0.3 is 10.1 Å². The van der Waals surface area contributed by atoms with Gasteiger partial charge in [0.1, 0.15) is 17.6 Å². The van der Waals surface area contributed by atoms with Gasteiger partial charge in [0.15, 0.2) is 0 Å². The highest BCUT2D eigenvalue weighted by Gasteiger charge is 2.25. The van der Waals surface area contributed by atoms with Gasteiger partial charge in [-0.25, -0.2) is 9.82 Å². The molecule has 2 aromatic rings. The summed E-state index contributed by atoms with van der Waals surface area (Å²) in [6.07, 6.45) is 2.26. The lowest BCUT2D eigenvalue weighted by Crippen LogP contribution is -2.48. The van der Waals surface area contributed by atoms with E-state index >= 15 is 0 Å². The monoisotopic (exact) mass is 433 g/mol. The maximum absolute atomic E-state index is 13.8. The number of nitrogens with zero attached hydrogens (tertiary/aromatic N) is 1.